The van der Waals surface area contributed by atoms with Crippen LogP contribution in [0, 0.1) is 11.3 Å². The number of hydrogen-bond donors (Lipinski definition) is 0. The Labute approximate surface area is 95.7 Å². The Bertz CT molecular complexity index is 390. The molecule has 1 aromatic carbocycles. The zero-order valence-electron chi connectivity index (χ0n) is 6.60. The molecule has 0 saturated carbocycles. The summed E-state index contributed by atoms with van der Waals surface area (Å²) in [5.74, 6) is -0.0640. The fraction of sp³-hybridized carbons (Fsp3) is 0.125. The minimum atomic E-state index is -2.91. The number of nitrogens with zero attached hydrogens (tertiary/aromatic N) is 1. The summed E-state index contributed by atoms with van der Waals surface area (Å²) in [6.45, 7) is -2.91. The fourth-order valence-electron chi connectivity index (χ4n) is 0.810. The summed E-state index contributed by atoms with van der Waals surface area (Å²) in [6.07, 6.45) is 0. The molecule has 0 spiro atoms. The Morgan fingerprint density at radius 3 is 2.50 bits per heavy atom. The molecule has 0 radical (unpaired) electrons. The predicted octanol–water partition coefficient (Wildman–Crippen LogP) is 3.68. The average Bonchev–Trinajstić information content (AvgIpc) is 2.11. The summed E-state index contributed by atoms with van der Waals surface area (Å²) in [4.78, 5) is 0. The van der Waals surface area contributed by atoms with E-state index in [1.54, 1.807) is 0 Å². The van der Waals surface area contributed by atoms with Gasteiger partial charge in [0.2, 0.25) is 0 Å². The van der Waals surface area contributed by atoms with Gasteiger partial charge in [0.05, 0.1) is 16.1 Å². The second-order valence-corrected chi connectivity index (χ2v) is 3.91. The Balaban J connectivity index is 3.15. The van der Waals surface area contributed by atoms with Crippen LogP contribution in [0.25, 0.3) is 0 Å². The lowest BCUT2D eigenvalue weighted by molar-refractivity contribution is -0.0504. The highest BCUT2D eigenvalue weighted by atomic mass is 79.9. The largest absolute Gasteiger partial charge is 0.434 e. The maximum absolute atomic E-state index is 11.9. The molecular formula is C8H3Br2F2NO. The minimum absolute atomic E-state index is 0.0640. The second kappa shape index (κ2) is 4.71. The van der Waals surface area contributed by atoms with Crippen LogP contribution in [0.15, 0.2) is 21.1 Å². The summed E-state index contributed by atoms with van der Waals surface area (Å²) in [5.41, 5.74) is 0.246. The third-order valence-electron chi connectivity index (χ3n) is 1.34. The molecular weight excluding hydrogens is 324 g/mol. The minimum Gasteiger partial charge on any atom is -0.434 e. The average molecular weight is 327 g/mol. The van der Waals surface area contributed by atoms with Gasteiger partial charge in [-0.05, 0) is 44.0 Å². The lowest BCUT2D eigenvalue weighted by atomic mass is 10.2. The molecule has 0 bridgehead atoms. The highest BCUT2D eigenvalue weighted by Crippen LogP contribution is 2.34. The van der Waals surface area contributed by atoms with Crippen molar-refractivity contribution < 1.29 is 13.5 Å². The lowest BCUT2D eigenvalue weighted by Crippen LogP contribution is -2.02. The van der Waals surface area contributed by atoms with Gasteiger partial charge in [0.15, 0.2) is 0 Å². The van der Waals surface area contributed by atoms with Crippen LogP contribution < -0.4 is 4.74 Å². The van der Waals surface area contributed by atoms with Crippen molar-refractivity contribution >= 4 is 31.9 Å². The molecule has 0 aliphatic carbocycles. The highest BCUT2D eigenvalue weighted by molar-refractivity contribution is 9.13. The lowest BCUT2D eigenvalue weighted by Gasteiger charge is -2.08. The standard InChI is InChI=1S/C8H3Br2F2NO/c9-5-1-4(3-13)2-6(7(5)10)14-8(11)12/h1-2,8H. The highest BCUT2D eigenvalue weighted by Gasteiger charge is 2.12. The summed E-state index contributed by atoms with van der Waals surface area (Å²) in [6, 6.07) is 4.57. The summed E-state index contributed by atoms with van der Waals surface area (Å²) in [7, 11) is 0. The van der Waals surface area contributed by atoms with Crippen molar-refractivity contribution in [1.82, 2.24) is 0 Å². The number of hydrogen-bond acceptors (Lipinski definition) is 2. The SMILES string of the molecule is N#Cc1cc(Br)c(Br)c(OC(F)F)c1. The van der Waals surface area contributed by atoms with E-state index in [0.29, 0.717) is 8.95 Å². The van der Waals surface area contributed by atoms with Gasteiger partial charge < -0.3 is 4.74 Å². The van der Waals surface area contributed by atoms with Gasteiger partial charge in [-0.15, -0.1) is 0 Å². The van der Waals surface area contributed by atoms with Crippen LogP contribution in [0.3, 0.4) is 0 Å². The van der Waals surface area contributed by atoms with E-state index in [9.17, 15) is 8.78 Å². The Kier molecular flexibility index (Phi) is 3.84. The molecule has 1 aromatic rings. The third-order valence-corrected chi connectivity index (χ3v) is 3.32. The van der Waals surface area contributed by atoms with Gasteiger partial charge in [-0.1, -0.05) is 0 Å². The van der Waals surface area contributed by atoms with E-state index in [1.807, 2.05) is 6.07 Å². The topological polar surface area (TPSA) is 33.0 Å². The molecule has 0 aromatic heterocycles. The van der Waals surface area contributed by atoms with Gasteiger partial charge >= 0.3 is 6.61 Å². The first kappa shape index (κ1) is 11.4. The normalized spacial score (nSPS) is 10.0. The number of benzene rings is 1. The molecule has 0 heterocycles. The molecule has 0 atom stereocenters. The predicted molar refractivity (Wildman–Crippen MR) is 53.2 cm³/mol. The maximum Gasteiger partial charge on any atom is 0.387 e. The molecule has 2 nitrogen and oxygen atoms in total. The van der Waals surface area contributed by atoms with Crippen molar-refractivity contribution in [2.24, 2.45) is 0 Å². The Hall–Kier alpha value is -0.670. The van der Waals surface area contributed by atoms with Crippen LogP contribution in [-0.2, 0) is 0 Å². The van der Waals surface area contributed by atoms with Gasteiger partial charge in [0, 0.05) is 4.47 Å². The summed E-state index contributed by atoms with van der Waals surface area (Å²) < 4.78 is 28.9. The van der Waals surface area contributed by atoms with E-state index >= 15 is 0 Å². The molecule has 0 unspecified atom stereocenters. The van der Waals surface area contributed by atoms with Gasteiger partial charge in [0.25, 0.3) is 0 Å². The fourth-order valence-corrected chi connectivity index (χ4v) is 1.57. The number of halogens is 4. The molecule has 0 amide bonds. The van der Waals surface area contributed by atoms with Crippen molar-refractivity contribution in [2.75, 3.05) is 0 Å². The van der Waals surface area contributed by atoms with E-state index in [1.165, 1.54) is 12.1 Å². The summed E-state index contributed by atoms with van der Waals surface area (Å²) >= 11 is 6.16. The van der Waals surface area contributed by atoms with E-state index in [2.05, 4.69) is 36.6 Å². The van der Waals surface area contributed by atoms with E-state index < -0.39 is 6.61 Å². The van der Waals surface area contributed by atoms with Crippen molar-refractivity contribution in [2.45, 2.75) is 6.61 Å². The zero-order valence-corrected chi connectivity index (χ0v) is 9.77. The first-order valence-corrected chi connectivity index (χ1v) is 4.97. The smallest absolute Gasteiger partial charge is 0.387 e. The maximum atomic E-state index is 11.9. The molecule has 0 N–H and O–H groups in total. The van der Waals surface area contributed by atoms with E-state index in [4.69, 9.17) is 5.26 Å². The Morgan fingerprint density at radius 1 is 1.36 bits per heavy atom. The first-order chi connectivity index (χ1) is 6.54. The van der Waals surface area contributed by atoms with E-state index in [-0.39, 0.29) is 11.3 Å². The summed E-state index contributed by atoms with van der Waals surface area (Å²) in [5, 5.41) is 8.58. The number of alkyl halides is 2. The van der Waals surface area contributed by atoms with Crippen LogP contribution in [-0.4, -0.2) is 6.61 Å². The molecule has 1 rings (SSSR count). The van der Waals surface area contributed by atoms with Crippen molar-refractivity contribution in [3.8, 4) is 11.8 Å². The Morgan fingerprint density at radius 2 is 2.00 bits per heavy atom. The van der Waals surface area contributed by atoms with Gasteiger partial charge in [0.1, 0.15) is 5.75 Å². The second-order valence-electron chi connectivity index (χ2n) is 2.26. The number of nitriles is 1. The van der Waals surface area contributed by atoms with Gasteiger partial charge in [-0.25, -0.2) is 0 Å². The monoisotopic (exact) mass is 325 g/mol. The van der Waals surface area contributed by atoms with Crippen LogP contribution >= 0.6 is 31.9 Å². The molecule has 74 valence electrons. The molecule has 0 saturated heterocycles. The quantitative estimate of drug-likeness (QED) is 0.830. The third kappa shape index (κ3) is 2.66. The molecule has 0 fully saturated rings. The van der Waals surface area contributed by atoms with Crippen LogP contribution in [0.4, 0.5) is 8.78 Å². The first-order valence-electron chi connectivity index (χ1n) is 3.38. The molecule has 14 heavy (non-hydrogen) atoms. The van der Waals surface area contributed by atoms with Crippen molar-refractivity contribution in [1.29, 1.82) is 5.26 Å². The van der Waals surface area contributed by atoms with Gasteiger partial charge in [-0.2, -0.15) is 14.0 Å². The molecule has 0 aliphatic heterocycles. The molecule has 6 heteroatoms. The van der Waals surface area contributed by atoms with Crippen molar-refractivity contribution in [3.05, 3.63) is 26.6 Å². The zero-order chi connectivity index (χ0) is 10.7. The van der Waals surface area contributed by atoms with Crippen LogP contribution in [0.2, 0.25) is 0 Å². The number of ether oxygens (including phenoxy) is 1. The van der Waals surface area contributed by atoms with Crippen LogP contribution in [0.5, 0.6) is 5.75 Å². The van der Waals surface area contributed by atoms with Gasteiger partial charge in [-0.3, -0.25) is 0 Å². The molecule has 0 aliphatic rings. The van der Waals surface area contributed by atoms with Crippen LogP contribution in [0.1, 0.15) is 5.56 Å². The van der Waals surface area contributed by atoms with E-state index in [0.717, 1.165) is 0 Å². The number of rotatable bonds is 2. The van der Waals surface area contributed by atoms with Crippen molar-refractivity contribution in [3.63, 3.8) is 0 Å².